The van der Waals surface area contributed by atoms with E-state index >= 15 is 0 Å². The van der Waals surface area contributed by atoms with E-state index in [1.165, 1.54) is 12.1 Å². The highest BCUT2D eigenvalue weighted by Crippen LogP contribution is 2.46. The number of nitrogens with zero attached hydrogens (tertiary/aromatic N) is 1. The van der Waals surface area contributed by atoms with Crippen molar-refractivity contribution >= 4 is 11.9 Å². The molecule has 130 valence electrons. The Bertz CT molecular complexity index is 641. The Labute approximate surface area is 141 Å². The zero-order chi connectivity index (χ0) is 17.3. The summed E-state index contributed by atoms with van der Waals surface area (Å²) in [5.74, 6) is -1.35. The summed E-state index contributed by atoms with van der Waals surface area (Å²) in [4.78, 5) is 26.2. The van der Waals surface area contributed by atoms with Crippen molar-refractivity contribution in [2.75, 3.05) is 13.1 Å². The number of amides is 1. The van der Waals surface area contributed by atoms with Gasteiger partial charge in [-0.2, -0.15) is 0 Å². The number of carboxylic acid groups (broad SMARTS) is 1. The molecule has 0 spiro atoms. The number of benzene rings is 1. The summed E-state index contributed by atoms with van der Waals surface area (Å²) in [5, 5.41) is 9.32. The van der Waals surface area contributed by atoms with Crippen molar-refractivity contribution in [2.45, 2.75) is 39.0 Å². The highest BCUT2D eigenvalue weighted by molar-refractivity contribution is 5.85. The third-order valence-electron chi connectivity index (χ3n) is 5.49. The van der Waals surface area contributed by atoms with E-state index in [0.717, 1.165) is 24.8 Å². The van der Waals surface area contributed by atoms with Gasteiger partial charge in [0.2, 0.25) is 5.91 Å². The number of hydrogen-bond donors (Lipinski definition) is 1. The Hall–Kier alpha value is -1.91. The SMILES string of the molecule is CC1CC(C(=O)O)CN(C(=O)C2(Cc3cccc(F)c3)CCC2)C1. The van der Waals surface area contributed by atoms with Crippen LogP contribution in [0.4, 0.5) is 4.39 Å². The van der Waals surface area contributed by atoms with Gasteiger partial charge in [0, 0.05) is 13.1 Å². The Morgan fingerprint density at radius 3 is 2.67 bits per heavy atom. The minimum Gasteiger partial charge on any atom is -0.481 e. The van der Waals surface area contributed by atoms with E-state index in [0.29, 0.717) is 25.9 Å². The lowest BCUT2D eigenvalue weighted by atomic mass is 9.64. The van der Waals surface area contributed by atoms with Crippen molar-refractivity contribution in [1.29, 1.82) is 0 Å². The van der Waals surface area contributed by atoms with Crippen LogP contribution in [0.15, 0.2) is 24.3 Å². The molecule has 0 aromatic heterocycles. The number of likely N-dealkylation sites (tertiary alicyclic amines) is 1. The van der Waals surface area contributed by atoms with Crippen LogP contribution in [0.5, 0.6) is 0 Å². The van der Waals surface area contributed by atoms with E-state index in [1.807, 2.05) is 13.0 Å². The van der Waals surface area contributed by atoms with Crippen LogP contribution in [-0.4, -0.2) is 35.0 Å². The third-order valence-corrected chi connectivity index (χ3v) is 5.49. The van der Waals surface area contributed by atoms with Crippen molar-refractivity contribution in [2.24, 2.45) is 17.3 Å². The second kappa shape index (κ2) is 6.54. The number of piperidine rings is 1. The summed E-state index contributed by atoms with van der Waals surface area (Å²) in [6, 6.07) is 6.43. The summed E-state index contributed by atoms with van der Waals surface area (Å²) in [5.41, 5.74) is 0.358. The summed E-state index contributed by atoms with van der Waals surface area (Å²) >= 11 is 0. The Morgan fingerprint density at radius 1 is 1.33 bits per heavy atom. The van der Waals surface area contributed by atoms with Crippen molar-refractivity contribution < 1.29 is 19.1 Å². The largest absolute Gasteiger partial charge is 0.481 e. The van der Waals surface area contributed by atoms with Crippen molar-refractivity contribution in [3.8, 4) is 0 Å². The summed E-state index contributed by atoms with van der Waals surface area (Å²) in [7, 11) is 0. The fourth-order valence-electron chi connectivity index (χ4n) is 4.14. The molecule has 1 saturated carbocycles. The predicted molar refractivity (Wildman–Crippen MR) is 87.9 cm³/mol. The first-order valence-corrected chi connectivity index (χ1v) is 8.66. The molecule has 0 radical (unpaired) electrons. The molecule has 0 bridgehead atoms. The van der Waals surface area contributed by atoms with Crippen LogP contribution in [0.2, 0.25) is 0 Å². The topological polar surface area (TPSA) is 57.6 Å². The lowest BCUT2D eigenvalue weighted by molar-refractivity contribution is -0.154. The molecule has 24 heavy (non-hydrogen) atoms. The zero-order valence-electron chi connectivity index (χ0n) is 14.0. The quantitative estimate of drug-likeness (QED) is 0.921. The molecule has 1 aliphatic carbocycles. The average Bonchev–Trinajstić information content (AvgIpc) is 2.49. The van der Waals surface area contributed by atoms with Gasteiger partial charge in [-0.1, -0.05) is 25.5 Å². The van der Waals surface area contributed by atoms with Gasteiger partial charge in [-0.3, -0.25) is 9.59 Å². The first-order chi connectivity index (χ1) is 11.4. The fourth-order valence-corrected chi connectivity index (χ4v) is 4.14. The molecule has 1 amide bonds. The molecule has 1 aliphatic heterocycles. The minimum absolute atomic E-state index is 0.0517. The number of hydrogen-bond acceptors (Lipinski definition) is 2. The van der Waals surface area contributed by atoms with Crippen LogP contribution < -0.4 is 0 Å². The Kier molecular flexibility index (Phi) is 4.61. The molecule has 4 nitrogen and oxygen atoms in total. The average molecular weight is 333 g/mol. The van der Waals surface area contributed by atoms with Crippen molar-refractivity contribution in [3.05, 3.63) is 35.6 Å². The summed E-state index contributed by atoms with van der Waals surface area (Å²) < 4.78 is 13.5. The van der Waals surface area contributed by atoms with E-state index in [9.17, 15) is 19.1 Å². The highest BCUT2D eigenvalue weighted by Gasteiger charge is 2.47. The molecule has 1 aromatic carbocycles. The number of carboxylic acids is 1. The van der Waals surface area contributed by atoms with Gasteiger partial charge in [0.05, 0.1) is 11.3 Å². The van der Waals surface area contributed by atoms with Gasteiger partial charge < -0.3 is 10.0 Å². The van der Waals surface area contributed by atoms with Crippen LogP contribution in [-0.2, 0) is 16.0 Å². The van der Waals surface area contributed by atoms with Crippen LogP contribution in [0.25, 0.3) is 0 Å². The number of halogens is 1. The second-order valence-electron chi connectivity index (χ2n) is 7.53. The van der Waals surface area contributed by atoms with Crippen molar-refractivity contribution in [3.63, 3.8) is 0 Å². The lowest BCUT2D eigenvalue weighted by Crippen LogP contribution is -2.54. The molecule has 1 N–H and O–H groups in total. The van der Waals surface area contributed by atoms with E-state index < -0.39 is 17.3 Å². The van der Waals surface area contributed by atoms with Crippen molar-refractivity contribution in [1.82, 2.24) is 4.90 Å². The predicted octanol–water partition coefficient (Wildman–Crippen LogP) is 3.11. The Balaban J connectivity index is 1.77. The molecular weight excluding hydrogens is 309 g/mol. The number of rotatable bonds is 4. The maximum Gasteiger partial charge on any atom is 0.308 e. The third kappa shape index (κ3) is 3.30. The monoisotopic (exact) mass is 333 g/mol. The first-order valence-electron chi connectivity index (χ1n) is 8.66. The van der Waals surface area contributed by atoms with Crippen LogP contribution in [0, 0.1) is 23.1 Å². The van der Waals surface area contributed by atoms with Gasteiger partial charge in [0.15, 0.2) is 0 Å². The normalized spacial score (nSPS) is 25.8. The standard InChI is InChI=1S/C19H24FNO3/c1-13-8-15(17(22)23)12-21(11-13)18(24)19(6-3-7-19)10-14-4-2-5-16(20)9-14/h2,4-5,9,13,15H,3,6-8,10-12H2,1H3,(H,22,23). The lowest BCUT2D eigenvalue weighted by Gasteiger charge is -2.46. The van der Waals surface area contributed by atoms with Crippen LogP contribution in [0.3, 0.4) is 0 Å². The number of carbonyl (C=O) groups excluding carboxylic acids is 1. The van der Waals surface area contributed by atoms with Gasteiger partial charge in [-0.25, -0.2) is 4.39 Å². The summed E-state index contributed by atoms with van der Waals surface area (Å²) in [6.45, 7) is 2.91. The number of carbonyl (C=O) groups is 2. The van der Waals surface area contributed by atoms with Gasteiger partial charge in [-0.05, 0) is 49.3 Å². The molecular formula is C19H24FNO3. The zero-order valence-corrected chi connectivity index (χ0v) is 14.0. The van der Waals surface area contributed by atoms with E-state index in [2.05, 4.69) is 0 Å². The highest BCUT2D eigenvalue weighted by atomic mass is 19.1. The second-order valence-corrected chi connectivity index (χ2v) is 7.53. The summed E-state index contributed by atoms with van der Waals surface area (Å²) in [6.07, 6.45) is 3.74. The van der Waals surface area contributed by atoms with Gasteiger partial charge >= 0.3 is 5.97 Å². The van der Waals surface area contributed by atoms with Crippen LogP contribution in [0.1, 0.15) is 38.2 Å². The molecule has 5 heteroatoms. The van der Waals surface area contributed by atoms with E-state index in [-0.39, 0.29) is 17.6 Å². The molecule has 1 heterocycles. The first kappa shape index (κ1) is 16.9. The molecule has 2 aliphatic rings. The molecule has 3 rings (SSSR count). The van der Waals surface area contributed by atoms with Gasteiger partial charge in [0.25, 0.3) is 0 Å². The van der Waals surface area contributed by atoms with E-state index in [1.54, 1.807) is 11.0 Å². The molecule has 1 aromatic rings. The molecule has 2 atom stereocenters. The van der Waals surface area contributed by atoms with Gasteiger partial charge in [0.1, 0.15) is 5.82 Å². The molecule has 1 saturated heterocycles. The maximum absolute atomic E-state index is 13.5. The minimum atomic E-state index is -0.827. The number of aliphatic carboxylic acids is 1. The van der Waals surface area contributed by atoms with E-state index in [4.69, 9.17) is 0 Å². The fraction of sp³-hybridized carbons (Fsp3) is 0.579. The smallest absolute Gasteiger partial charge is 0.308 e. The van der Waals surface area contributed by atoms with Gasteiger partial charge in [-0.15, -0.1) is 0 Å². The van der Waals surface area contributed by atoms with Crippen LogP contribution >= 0.6 is 0 Å². The Morgan fingerprint density at radius 2 is 2.08 bits per heavy atom. The molecule has 2 unspecified atom stereocenters. The molecule has 2 fully saturated rings. The maximum atomic E-state index is 13.5.